The Labute approximate surface area is 143 Å². The minimum Gasteiger partial charge on any atom is -0.494 e. The van der Waals surface area contributed by atoms with Crippen LogP contribution in [0.5, 0.6) is 5.75 Å². The van der Waals surface area contributed by atoms with E-state index in [2.05, 4.69) is 41.7 Å². The van der Waals surface area contributed by atoms with Crippen LogP contribution in [-0.2, 0) is 9.47 Å². The second kappa shape index (κ2) is 8.71. The van der Waals surface area contributed by atoms with Crippen molar-refractivity contribution in [2.24, 2.45) is 0 Å². The van der Waals surface area contributed by atoms with Gasteiger partial charge in [-0.05, 0) is 48.2 Å². The van der Waals surface area contributed by atoms with E-state index in [1.807, 2.05) is 19.2 Å². The highest BCUT2D eigenvalue weighted by atomic mass is 16.6. The van der Waals surface area contributed by atoms with Crippen LogP contribution in [-0.4, -0.2) is 39.6 Å². The quantitative estimate of drug-likeness (QED) is 0.530. The molecule has 1 aliphatic heterocycles. The van der Waals surface area contributed by atoms with Crippen LogP contribution in [0, 0.1) is 0 Å². The van der Waals surface area contributed by atoms with Gasteiger partial charge in [-0.2, -0.15) is 0 Å². The fourth-order valence-electron chi connectivity index (χ4n) is 2.45. The van der Waals surface area contributed by atoms with Crippen molar-refractivity contribution in [3.63, 3.8) is 0 Å². The number of ether oxygens (including phenoxy) is 3. The monoisotopic (exact) mass is 327 g/mol. The lowest BCUT2D eigenvalue weighted by molar-refractivity contribution is 0.110. The van der Waals surface area contributed by atoms with Gasteiger partial charge in [0.15, 0.2) is 0 Å². The van der Waals surface area contributed by atoms with Gasteiger partial charge >= 0.3 is 0 Å². The van der Waals surface area contributed by atoms with Gasteiger partial charge in [0.1, 0.15) is 11.9 Å². The van der Waals surface area contributed by atoms with Gasteiger partial charge in [-0.3, -0.25) is 0 Å². The van der Waals surface area contributed by atoms with Gasteiger partial charge in [0.25, 0.3) is 0 Å². The molecule has 128 valence electrons. The van der Waals surface area contributed by atoms with Crippen LogP contribution < -0.4 is 10.1 Å². The van der Waals surface area contributed by atoms with Gasteiger partial charge in [0.2, 0.25) is 0 Å². The van der Waals surface area contributed by atoms with Crippen molar-refractivity contribution < 1.29 is 14.2 Å². The number of anilines is 1. The molecular formula is C20H25NO3. The predicted molar refractivity (Wildman–Crippen MR) is 96.7 cm³/mol. The van der Waals surface area contributed by atoms with E-state index in [9.17, 15) is 0 Å². The summed E-state index contributed by atoms with van der Waals surface area (Å²) in [6, 6.07) is 16.7. The van der Waals surface area contributed by atoms with Gasteiger partial charge < -0.3 is 19.5 Å². The third-order valence-electron chi connectivity index (χ3n) is 4.02. The molecule has 0 aromatic heterocycles. The van der Waals surface area contributed by atoms with Crippen molar-refractivity contribution in [2.45, 2.75) is 18.9 Å². The van der Waals surface area contributed by atoms with Crippen molar-refractivity contribution in [1.82, 2.24) is 0 Å². The smallest absolute Gasteiger partial charge is 0.119 e. The molecule has 1 unspecified atom stereocenters. The normalized spacial score (nSPS) is 16.0. The zero-order chi connectivity index (χ0) is 16.6. The zero-order valence-electron chi connectivity index (χ0n) is 14.2. The highest BCUT2D eigenvalue weighted by molar-refractivity contribution is 5.66. The van der Waals surface area contributed by atoms with Crippen LogP contribution in [0.4, 0.5) is 5.69 Å². The summed E-state index contributed by atoms with van der Waals surface area (Å²) < 4.78 is 16.4. The summed E-state index contributed by atoms with van der Waals surface area (Å²) in [7, 11) is 1.93. The SMILES string of the molecule is CNc1ccc(-c2ccc(OCCCCOCC3CO3)cc2)cc1. The molecule has 0 saturated carbocycles. The van der Waals surface area contributed by atoms with E-state index in [0.717, 1.165) is 50.7 Å². The van der Waals surface area contributed by atoms with E-state index in [-0.39, 0.29) is 0 Å². The molecule has 1 fully saturated rings. The molecule has 0 bridgehead atoms. The van der Waals surface area contributed by atoms with Crippen LogP contribution in [0.25, 0.3) is 11.1 Å². The van der Waals surface area contributed by atoms with Gasteiger partial charge in [-0.25, -0.2) is 0 Å². The Hall–Kier alpha value is -2.04. The lowest BCUT2D eigenvalue weighted by Gasteiger charge is -2.08. The van der Waals surface area contributed by atoms with Crippen molar-refractivity contribution in [2.75, 3.05) is 38.8 Å². The summed E-state index contributed by atoms with van der Waals surface area (Å²) in [6.45, 7) is 3.10. The van der Waals surface area contributed by atoms with E-state index in [0.29, 0.717) is 6.10 Å². The zero-order valence-corrected chi connectivity index (χ0v) is 14.2. The van der Waals surface area contributed by atoms with Crippen molar-refractivity contribution in [3.05, 3.63) is 48.5 Å². The summed E-state index contributed by atoms with van der Waals surface area (Å²) in [4.78, 5) is 0. The number of hydrogen-bond acceptors (Lipinski definition) is 4. The third-order valence-corrected chi connectivity index (χ3v) is 4.02. The first-order valence-corrected chi connectivity index (χ1v) is 8.55. The fraction of sp³-hybridized carbons (Fsp3) is 0.400. The lowest BCUT2D eigenvalue weighted by atomic mass is 10.1. The Morgan fingerprint density at radius 1 is 0.958 bits per heavy atom. The first-order valence-electron chi connectivity index (χ1n) is 8.55. The maximum absolute atomic E-state index is 5.78. The lowest BCUT2D eigenvalue weighted by Crippen LogP contribution is -2.04. The first-order chi connectivity index (χ1) is 11.8. The van der Waals surface area contributed by atoms with Crippen LogP contribution in [0.1, 0.15) is 12.8 Å². The van der Waals surface area contributed by atoms with E-state index in [1.54, 1.807) is 0 Å². The Kier molecular flexibility index (Phi) is 6.10. The minimum atomic E-state index is 0.356. The Bertz CT molecular complexity index is 606. The van der Waals surface area contributed by atoms with Gasteiger partial charge in [0, 0.05) is 19.3 Å². The molecule has 4 nitrogen and oxygen atoms in total. The van der Waals surface area contributed by atoms with Crippen LogP contribution in [0.15, 0.2) is 48.5 Å². The molecule has 2 aromatic rings. The maximum Gasteiger partial charge on any atom is 0.119 e. The molecule has 24 heavy (non-hydrogen) atoms. The summed E-state index contributed by atoms with van der Waals surface area (Å²) >= 11 is 0. The molecule has 2 aromatic carbocycles. The number of hydrogen-bond donors (Lipinski definition) is 1. The molecule has 3 rings (SSSR count). The molecule has 1 aliphatic rings. The van der Waals surface area contributed by atoms with E-state index in [4.69, 9.17) is 14.2 Å². The number of rotatable bonds is 10. The minimum absolute atomic E-state index is 0.356. The van der Waals surface area contributed by atoms with Crippen molar-refractivity contribution >= 4 is 5.69 Å². The van der Waals surface area contributed by atoms with Crippen molar-refractivity contribution in [3.8, 4) is 16.9 Å². The van der Waals surface area contributed by atoms with E-state index >= 15 is 0 Å². The van der Waals surface area contributed by atoms with Gasteiger partial charge in [-0.15, -0.1) is 0 Å². The van der Waals surface area contributed by atoms with E-state index < -0.39 is 0 Å². The third kappa shape index (κ3) is 5.25. The maximum atomic E-state index is 5.78. The summed E-state index contributed by atoms with van der Waals surface area (Å²) in [5.41, 5.74) is 3.52. The number of benzene rings is 2. The molecular weight excluding hydrogens is 302 g/mol. The average molecular weight is 327 g/mol. The Balaban J connectivity index is 1.37. The summed E-state index contributed by atoms with van der Waals surface area (Å²) in [6.07, 6.45) is 2.37. The molecule has 1 heterocycles. The highest BCUT2D eigenvalue weighted by Gasteiger charge is 2.21. The largest absolute Gasteiger partial charge is 0.494 e. The summed E-state index contributed by atoms with van der Waals surface area (Å²) in [5, 5.41) is 3.13. The molecule has 1 atom stereocenters. The summed E-state index contributed by atoms with van der Waals surface area (Å²) in [5.74, 6) is 0.915. The molecule has 4 heteroatoms. The topological polar surface area (TPSA) is 43.0 Å². The number of unbranched alkanes of at least 4 members (excludes halogenated alkanes) is 1. The number of nitrogens with one attached hydrogen (secondary N) is 1. The van der Waals surface area contributed by atoms with Gasteiger partial charge in [0.05, 0.1) is 19.8 Å². The second-order valence-corrected chi connectivity index (χ2v) is 5.94. The molecule has 1 saturated heterocycles. The highest BCUT2D eigenvalue weighted by Crippen LogP contribution is 2.24. The molecule has 0 amide bonds. The van der Waals surface area contributed by atoms with Crippen LogP contribution in [0.2, 0.25) is 0 Å². The van der Waals surface area contributed by atoms with Gasteiger partial charge in [-0.1, -0.05) is 24.3 Å². The average Bonchev–Trinajstić information content (AvgIpc) is 3.46. The Morgan fingerprint density at radius 3 is 2.21 bits per heavy atom. The van der Waals surface area contributed by atoms with Crippen LogP contribution >= 0.6 is 0 Å². The fourth-order valence-corrected chi connectivity index (χ4v) is 2.45. The van der Waals surface area contributed by atoms with E-state index in [1.165, 1.54) is 11.1 Å². The van der Waals surface area contributed by atoms with Crippen molar-refractivity contribution in [1.29, 1.82) is 0 Å². The van der Waals surface area contributed by atoms with Crippen LogP contribution in [0.3, 0.4) is 0 Å². The number of epoxide rings is 1. The molecule has 1 N–H and O–H groups in total. The Morgan fingerprint density at radius 2 is 1.58 bits per heavy atom. The molecule has 0 aliphatic carbocycles. The molecule has 0 radical (unpaired) electrons. The predicted octanol–water partition coefficient (Wildman–Crippen LogP) is 3.97. The molecule has 0 spiro atoms. The first kappa shape index (κ1) is 16.8. The second-order valence-electron chi connectivity index (χ2n) is 5.94. The standard InChI is InChI=1S/C20H25NO3/c1-21-18-8-4-16(5-9-18)17-6-10-19(11-7-17)23-13-3-2-12-22-14-20-15-24-20/h4-11,20-21H,2-3,12-15H2,1H3.